The molecule has 0 aliphatic carbocycles. The molecule has 0 spiro atoms. The van der Waals surface area contributed by atoms with Gasteiger partial charge in [0.1, 0.15) is 11.5 Å². The van der Waals surface area contributed by atoms with Crippen molar-refractivity contribution in [2.24, 2.45) is 4.99 Å². The van der Waals surface area contributed by atoms with E-state index < -0.39 is 0 Å². The van der Waals surface area contributed by atoms with Crippen LogP contribution in [0.4, 0.5) is 10.1 Å². The van der Waals surface area contributed by atoms with Crippen LogP contribution in [0.2, 0.25) is 0 Å². The predicted molar refractivity (Wildman–Crippen MR) is 122 cm³/mol. The lowest BCUT2D eigenvalue weighted by Gasteiger charge is -2.36. The van der Waals surface area contributed by atoms with Gasteiger partial charge in [0, 0.05) is 51.0 Å². The lowest BCUT2D eigenvalue weighted by molar-refractivity contribution is 0.421. The minimum atomic E-state index is -0.198. The second-order valence-electron chi connectivity index (χ2n) is 7.84. The Morgan fingerprint density at radius 2 is 2.22 bits per heavy atom. The normalized spacial score (nSPS) is 16.8. The number of halogens is 1. The fourth-order valence-electron chi connectivity index (χ4n) is 3.92. The molecule has 4 rings (SSSR count). The van der Waals surface area contributed by atoms with E-state index in [0.717, 1.165) is 43.1 Å². The second-order valence-corrected chi connectivity index (χ2v) is 7.84. The van der Waals surface area contributed by atoms with Crippen LogP contribution < -0.4 is 15.5 Å². The lowest BCUT2D eigenvalue weighted by Crippen LogP contribution is -2.51. The summed E-state index contributed by atoms with van der Waals surface area (Å²) >= 11 is 0. The van der Waals surface area contributed by atoms with Crippen molar-refractivity contribution < 1.29 is 8.91 Å². The first kappa shape index (κ1) is 21.7. The summed E-state index contributed by atoms with van der Waals surface area (Å²) in [6.07, 6.45) is 4.41. The molecule has 1 aromatic carbocycles. The Morgan fingerprint density at radius 1 is 1.31 bits per heavy atom. The van der Waals surface area contributed by atoms with E-state index in [2.05, 4.69) is 35.7 Å². The third kappa shape index (κ3) is 5.40. The van der Waals surface area contributed by atoms with Crippen molar-refractivity contribution in [2.75, 3.05) is 31.6 Å². The molecule has 2 aromatic heterocycles. The van der Waals surface area contributed by atoms with Crippen LogP contribution in [-0.2, 0) is 6.42 Å². The van der Waals surface area contributed by atoms with Gasteiger partial charge in [-0.3, -0.25) is 9.98 Å². The molecule has 0 radical (unpaired) electrons. The number of aryl methyl sites for hydroxylation is 1. The Bertz CT molecular complexity index is 1050. The summed E-state index contributed by atoms with van der Waals surface area (Å²) in [6, 6.07) is 10.8. The minimum Gasteiger partial charge on any atom is -0.369 e. The van der Waals surface area contributed by atoms with Gasteiger partial charge >= 0.3 is 0 Å². The van der Waals surface area contributed by atoms with Gasteiger partial charge in [0.25, 0.3) is 5.89 Å². The molecule has 168 valence electrons. The average molecular weight is 438 g/mol. The zero-order valence-electron chi connectivity index (χ0n) is 18.4. The first-order chi connectivity index (χ1) is 15.6. The first-order valence-corrected chi connectivity index (χ1v) is 10.8. The summed E-state index contributed by atoms with van der Waals surface area (Å²) < 4.78 is 18.8. The van der Waals surface area contributed by atoms with E-state index in [1.165, 1.54) is 6.07 Å². The highest BCUT2D eigenvalue weighted by Crippen LogP contribution is 2.24. The highest BCUT2D eigenvalue weighted by molar-refractivity contribution is 5.80. The molecule has 32 heavy (non-hydrogen) atoms. The number of pyridine rings is 1. The monoisotopic (exact) mass is 437 g/mol. The molecule has 1 fully saturated rings. The lowest BCUT2D eigenvalue weighted by atomic mass is 10.0. The van der Waals surface area contributed by atoms with E-state index in [-0.39, 0.29) is 11.9 Å². The molecule has 0 bridgehead atoms. The van der Waals surface area contributed by atoms with Crippen molar-refractivity contribution in [3.63, 3.8) is 0 Å². The van der Waals surface area contributed by atoms with E-state index in [4.69, 9.17) is 4.52 Å². The summed E-state index contributed by atoms with van der Waals surface area (Å²) in [4.78, 5) is 15.3. The predicted octanol–water partition coefficient (Wildman–Crippen LogP) is 2.96. The fourth-order valence-corrected chi connectivity index (χ4v) is 3.92. The van der Waals surface area contributed by atoms with Gasteiger partial charge in [-0.05, 0) is 55.7 Å². The maximum atomic E-state index is 13.5. The Kier molecular flexibility index (Phi) is 6.94. The zero-order chi connectivity index (χ0) is 22.3. The molecule has 3 aromatic rings. The van der Waals surface area contributed by atoms with E-state index in [0.29, 0.717) is 30.4 Å². The third-order valence-electron chi connectivity index (χ3n) is 5.48. The smallest absolute Gasteiger partial charge is 0.276 e. The van der Waals surface area contributed by atoms with E-state index in [9.17, 15) is 4.39 Å². The molecule has 0 saturated carbocycles. The maximum Gasteiger partial charge on any atom is 0.276 e. The molecule has 3 heterocycles. The molecular formula is C23H28FN7O. The van der Waals surface area contributed by atoms with E-state index in [1.54, 1.807) is 19.3 Å². The quantitative estimate of drug-likeness (QED) is 0.453. The van der Waals surface area contributed by atoms with E-state index >= 15 is 0 Å². The van der Waals surface area contributed by atoms with Crippen molar-refractivity contribution in [2.45, 2.75) is 32.2 Å². The SMILES string of the molecule is CN=C(NCCc1noc(-c2ccccn2)n1)NC1CCCN(c2ccc(F)cc2C)C1. The van der Waals surface area contributed by atoms with Crippen LogP contribution in [0.15, 0.2) is 52.1 Å². The maximum absolute atomic E-state index is 13.5. The van der Waals surface area contributed by atoms with Crippen LogP contribution in [-0.4, -0.2) is 53.8 Å². The van der Waals surface area contributed by atoms with Crippen LogP contribution in [0.5, 0.6) is 0 Å². The molecule has 1 atom stereocenters. The summed E-state index contributed by atoms with van der Waals surface area (Å²) in [5, 5.41) is 10.9. The number of hydrogen-bond acceptors (Lipinski definition) is 6. The van der Waals surface area contributed by atoms with Crippen LogP contribution >= 0.6 is 0 Å². The van der Waals surface area contributed by atoms with E-state index in [1.807, 2.05) is 31.2 Å². The number of nitrogens with zero attached hydrogens (tertiary/aromatic N) is 5. The minimum absolute atomic E-state index is 0.198. The number of anilines is 1. The summed E-state index contributed by atoms with van der Waals surface area (Å²) in [6.45, 7) is 4.38. The van der Waals surface area contributed by atoms with Crippen molar-refractivity contribution >= 4 is 11.6 Å². The van der Waals surface area contributed by atoms with Crippen LogP contribution in [0, 0.1) is 12.7 Å². The molecular weight excluding hydrogens is 409 g/mol. The molecule has 8 nitrogen and oxygen atoms in total. The largest absolute Gasteiger partial charge is 0.369 e. The number of aromatic nitrogens is 3. The van der Waals surface area contributed by atoms with Gasteiger partial charge in [0.15, 0.2) is 11.8 Å². The molecule has 1 unspecified atom stereocenters. The summed E-state index contributed by atoms with van der Waals surface area (Å²) in [5.41, 5.74) is 2.70. The Labute approximate surface area is 187 Å². The summed E-state index contributed by atoms with van der Waals surface area (Å²) in [5.74, 6) is 1.57. The first-order valence-electron chi connectivity index (χ1n) is 10.8. The number of rotatable bonds is 6. The van der Waals surface area contributed by atoms with Crippen molar-refractivity contribution in [1.82, 2.24) is 25.8 Å². The van der Waals surface area contributed by atoms with Crippen LogP contribution in [0.1, 0.15) is 24.2 Å². The Hall–Kier alpha value is -3.49. The number of nitrogens with one attached hydrogen (secondary N) is 2. The number of piperidine rings is 1. The van der Waals surface area contributed by atoms with Crippen LogP contribution in [0.25, 0.3) is 11.6 Å². The molecule has 1 saturated heterocycles. The van der Waals surface area contributed by atoms with Crippen LogP contribution in [0.3, 0.4) is 0 Å². The van der Waals surface area contributed by atoms with Gasteiger partial charge in [-0.1, -0.05) is 11.2 Å². The average Bonchev–Trinajstić information content (AvgIpc) is 3.28. The molecule has 0 amide bonds. The number of benzene rings is 1. The van der Waals surface area contributed by atoms with Gasteiger partial charge in [0.2, 0.25) is 0 Å². The summed E-state index contributed by atoms with van der Waals surface area (Å²) in [7, 11) is 1.76. The molecule has 1 aliphatic heterocycles. The molecule has 2 N–H and O–H groups in total. The standard InChI is InChI=1S/C23H28FN7O/c1-16-14-17(24)8-9-20(16)31-13-5-6-18(15-31)28-23(25-2)27-12-10-21-29-22(32-30-21)19-7-3-4-11-26-19/h3-4,7-9,11,14,18H,5-6,10,12-13,15H2,1-2H3,(H2,25,27,28). The van der Waals surface area contributed by atoms with Gasteiger partial charge in [0.05, 0.1) is 0 Å². The third-order valence-corrected chi connectivity index (χ3v) is 5.48. The zero-order valence-corrected chi connectivity index (χ0v) is 18.4. The van der Waals surface area contributed by atoms with Gasteiger partial charge in [-0.25, -0.2) is 4.39 Å². The van der Waals surface area contributed by atoms with Crippen molar-refractivity contribution in [3.8, 4) is 11.6 Å². The topological polar surface area (TPSA) is 91.5 Å². The van der Waals surface area contributed by atoms with Gasteiger partial charge in [-0.15, -0.1) is 0 Å². The number of guanidine groups is 1. The number of hydrogen-bond donors (Lipinski definition) is 2. The van der Waals surface area contributed by atoms with Crippen molar-refractivity contribution in [3.05, 3.63) is 59.8 Å². The highest BCUT2D eigenvalue weighted by Gasteiger charge is 2.22. The van der Waals surface area contributed by atoms with Crippen molar-refractivity contribution in [1.29, 1.82) is 0 Å². The molecule has 1 aliphatic rings. The van der Waals surface area contributed by atoms with Gasteiger partial charge < -0.3 is 20.1 Å². The fraction of sp³-hybridized carbons (Fsp3) is 0.391. The highest BCUT2D eigenvalue weighted by atomic mass is 19.1. The molecule has 9 heteroatoms. The second kappa shape index (κ2) is 10.2. The van der Waals surface area contributed by atoms with Gasteiger partial charge in [-0.2, -0.15) is 4.98 Å². The Balaban J connectivity index is 1.28. The Morgan fingerprint density at radius 3 is 3.00 bits per heavy atom. The number of aliphatic imine (C=N–C) groups is 1.